The molecule has 0 radical (unpaired) electrons. The Hall–Kier alpha value is -1.74. The molecule has 2 aromatic heterocycles. The van der Waals surface area contributed by atoms with E-state index in [9.17, 15) is 4.79 Å². The van der Waals surface area contributed by atoms with Crippen molar-refractivity contribution in [2.24, 2.45) is 0 Å². The SMILES string of the molecule is CC(=O)O[C@@H]1COCC[C@H]1Nc1ncc2c(Br)nc(C(C)C)n2n1. The molecular formula is C15H20BrN5O3. The van der Waals surface area contributed by atoms with Gasteiger partial charge in [0, 0.05) is 19.4 Å². The Bertz CT molecular complexity index is 748. The number of hydrogen-bond donors (Lipinski definition) is 1. The van der Waals surface area contributed by atoms with Gasteiger partial charge < -0.3 is 14.8 Å². The van der Waals surface area contributed by atoms with E-state index in [2.05, 4.69) is 50.2 Å². The van der Waals surface area contributed by atoms with Crippen molar-refractivity contribution in [2.45, 2.75) is 45.3 Å². The average Bonchev–Trinajstić information content (AvgIpc) is 2.86. The number of hydrogen-bond acceptors (Lipinski definition) is 7. The van der Waals surface area contributed by atoms with Gasteiger partial charge in [-0.1, -0.05) is 13.8 Å². The maximum absolute atomic E-state index is 11.3. The van der Waals surface area contributed by atoms with Crippen LogP contribution in [0, 0.1) is 0 Å². The quantitative estimate of drug-likeness (QED) is 0.790. The standard InChI is InChI=1S/C15H20BrN5O3/c1-8(2)14-19-13(16)11-6-17-15(20-21(11)14)18-10-4-5-23-7-12(10)24-9(3)22/h6,8,10,12H,4-5,7H2,1-3H3,(H,18,20)/t10-,12-/m1/s1. The summed E-state index contributed by atoms with van der Waals surface area (Å²) >= 11 is 3.44. The van der Waals surface area contributed by atoms with Crippen molar-refractivity contribution < 1.29 is 14.3 Å². The van der Waals surface area contributed by atoms with Crippen molar-refractivity contribution in [2.75, 3.05) is 18.5 Å². The number of nitrogens with one attached hydrogen (secondary N) is 1. The Morgan fingerprint density at radius 2 is 2.33 bits per heavy atom. The highest BCUT2D eigenvalue weighted by Gasteiger charge is 2.29. The van der Waals surface area contributed by atoms with Crippen molar-refractivity contribution in [1.29, 1.82) is 0 Å². The van der Waals surface area contributed by atoms with Gasteiger partial charge in [-0.15, -0.1) is 5.10 Å². The van der Waals surface area contributed by atoms with E-state index < -0.39 is 0 Å². The van der Waals surface area contributed by atoms with E-state index >= 15 is 0 Å². The summed E-state index contributed by atoms with van der Waals surface area (Å²) in [6.07, 6.45) is 2.08. The van der Waals surface area contributed by atoms with Gasteiger partial charge in [0.25, 0.3) is 0 Å². The van der Waals surface area contributed by atoms with E-state index in [0.29, 0.717) is 25.6 Å². The lowest BCUT2D eigenvalue weighted by molar-refractivity contribution is -0.153. The van der Waals surface area contributed by atoms with Crippen LogP contribution >= 0.6 is 15.9 Å². The summed E-state index contributed by atoms with van der Waals surface area (Å²) in [7, 11) is 0. The molecule has 2 aromatic rings. The topological polar surface area (TPSA) is 90.6 Å². The molecule has 0 unspecified atom stereocenters. The highest BCUT2D eigenvalue weighted by atomic mass is 79.9. The second-order valence-electron chi connectivity index (χ2n) is 6.06. The minimum absolute atomic E-state index is 0.0884. The van der Waals surface area contributed by atoms with Gasteiger partial charge in [-0.25, -0.2) is 14.5 Å². The first-order valence-corrected chi connectivity index (χ1v) is 8.67. The molecule has 2 atom stereocenters. The first kappa shape index (κ1) is 17.1. The highest BCUT2D eigenvalue weighted by molar-refractivity contribution is 9.10. The van der Waals surface area contributed by atoms with Crippen LogP contribution in [0.4, 0.5) is 5.95 Å². The first-order valence-electron chi connectivity index (χ1n) is 7.88. The lowest BCUT2D eigenvalue weighted by Crippen LogP contribution is -2.44. The largest absolute Gasteiger partial charge is 0.458 e. The van der Waals surface area contributed by atoms with Crippen molar-refractivity contribution in [3.05, 3.63) is 16.6 Å². The van der Waals surface area contributed by atoms with Gasteiger partial charge >= 0.3 is 5.97 Å². The number of fused-ring (bicyclic) bond motifs is 1. The van der Waals surface area contributed by atoms with Crippen LogP contribution in [0.3, 0.4) is 0 Å². The fourth-order valence-corrected chi connectivity index (χ4v) is 3.14. The van der Waals surface area contributed by atoms with Gasteiger partial charge in [-0.2, -0.15) is 0 Å². The predicted molar refractivity (Wildman–Crippen MR) is 91.0 cm³/mol. The molecule has 24 heavy (non-hydrogen) atoms. The fourth-order valence-electron chi connectivity index (χ4n) is 2.68. The normalized spacial score (nSPS) is 21.2. The molecule has 0 aromatic carbocycles. The number of carbonyl (C=O) groups excluding carboxylic acids is 1. The van der Waals surface area contributed by atoms with E-state index in [-0.39, 0.29) is 24.0 Å². The van der Waals surface area contributed by atoms with Crippen LogP contribution < -0.4 is 5.32 Å². The first-order chi connectivity index (χ1) is 11.5. The number of anilines is 1. The molecule has 0 saturated carbocycles. The molecule has 3 rings (SSSR count). The number of rotatable bonds is 4. The predicted octanol–water partition coefficient (Wildman–Crippen LogP) is 2.14. The van der Waals surface area contributed by atoms with Gasteiger partial charge in [0.1, 0.15) is 22.0 Å². The number of nitrogens with zero attached hydrogens (tertiary/aromatic N) is 4. The number of aromatic nitrogens is 4. The molecule has 9 heteroatoms. The zero-order chi connectivity index (χ0) is 17.3. The summed E-state index contributed by atoms with van der Waals surface area (Å²) in [4.78, 5) is 20.1. The summed E-state index contributed by atoms with van der Waals surface area (Å²) in [5.74, 6) is 1.22. The van der Waals surface area contributed by atoms with E-state index in [1.165, 1.54) is 6.92 Å². The van der Waals surface area contributed by atoms with Crippen LogP contribution in [0.1, 0.15) is 38.9 Å². The Morgan fingerprint density at radius 3 is 3.04 bits per heavy atom. The second-order valence-corrected chi connectivity index (χ2v) is 6.81. The Morgan fingerprint density at radius 1 is 1.54 bits per heavy atom. The van der Waals surface area contributed by atoms with Crippen molar-refractivity contribution in [3.8, 4) is 0 Å². The Labute approximate surface area is 148 Å². The molecule has 8 nitrogen and oxygen atoms in total. The molecule has 130 valence electrons. The van der Waals surface area contributed by atoms with Crippen molar-refractivity contribution in [1.82, 2.24) is 19.6 Å². The minimum atomic E-state index is -0.352. The molecular weight excluding hydrogens is 378 g/mol. The molecule has 1 aliphatic heterocycles. The van der Waals surface area contributed by atoms with Gasteiger partial charge in [-0.05, 0) is 22.4 Å². The average molecular weight is 398 g/mol. The number of carbonyl (C=O) groups is 1. The summed E-state index contributed by atoms with van der Waals surface area (Å²) in [5.41, 5.74) is 0.813. The van der Waals surface area contributed by atoms with Crippen LogP contribution in [-0.2, 0) is 14.3 Å². The molecule has 1 saturated heterocycles. The molecule has 1 fully saturated rings. The molecule has 0 bridgehead atoms. The third kappa shape index (κ3) is 3.51. The molecule has 1 N–H and O–H groups in total. The van der Waals surface area contributed by atoms with Crippen LogP contribution in [0.2, 0.25) is 0 Å². The number of imidazole rings is 1. The zero-order valence-corrected chi connectivity index (χ0v) is 15.4. The zero-order valence-electron chi connectivity index (χ0n) is 13.8. The van der Waals surface area contributed by atoms with E-state index in [0.717, 1.165) is 15.9 Å². The molecule has 1 aliphatic rings. The van der Waals surface area contributed by atoms with Crippen molar-refractivity contribution in [3.63, 3.8) is 0 Å². The maximum Gasteiger partial charge on any atom is 0.303 e. The monoisotopic (exact) mass is 397 g/mol. The smallest absolute Gasteiger partial charge is 0.303 e. The van der Waals surface area contributed by atoms with Crippen LogP contribution in [0.25, 0.3) is 5.52 Å². The Balaban J connectivity index is 1.86. The van der Waals surface area contributed by atoms with Gasteiger partial charge in [0.15, 0.2) is 0 Å². The third-order valence-corrected chi connectivity index (χ3v) is 4.41. The molecule has 3 heterocycles. The summed E-state index contributed by atoms with van der Waals surface area (Å²) in [5, 5.41) is 7.81. The van der Waals surface area contributed by atoms with E-state index in [1.54, 1.807) is 10.7 Å². The number of esters is 1. The minimum Gasteiger partial charge on any atom is -0.458 e. The third-order valence-electron chi connectivity index (χ3n) is 3.83. The summed E-state index contributed by atoms with van der Waals surface area (Å²) in [6.45, 7) is 6.49. The fraction of sp³-hybridized carbons (Fsp3) is 0.600. The lowest BCUT2D eigenvalue weighted by atomic mass is 10.1. The lowest BCUT2D eigenvalue weighted by Gasteiger charge is -2.31. The van der Waals surface area contributed by atoms with Gasteiger partial charge in [0.2, 0.25) is 5.95 Å². The van der Waals surface area contributed by atoms with E-state index in [4.69, 9.17) is 9.47 Å². The van der Waals surface area contributed by atoms with E-state index in [1.807, 2.05) is 0 Å². The highest BCUT2D eigenvalue weighted by Crippen LogP contribution is 2.23. The summed E-state index contributed by atoms with van der Waals surface area (Å²) in [6, 6.07) is -0.0884. The van der Waals surface area contributed by atoms with Crippen molar-refractivity contribution >= 4 is 33.4 Å². The van der Waals surface area contributed by atoms with Gasteiger partial charge in [0.05, 0.1) is 18.8 Å². The van der Waals surface area contributed by atoms with Crippen LogP contribution in [-0.4, -0.2) is 50.9 Å². The number of ether oxygens (including phenoxy) is 2. The second kappa shape index (κ2) is 7.02. The number of halogens is 1. The molecule has 0 spiro atoms. The Kier molecular flexibility index (Phi) is 5.00. The molecule has 0 amide bonds. The van der Waals surface area contributed by atoms with Crippen LogP contribution in [0.15, 0.2) is 10.8 Å². The van der Waals surface area contributed by atoms with Gasteiger partial charge in [-0.3, -0.25) is 4.79 Å². The van der Waals surface area contributed by atoms with Crippen LogP contribution in [0.5, 0.6) is 0 Å². The summed E-state index contributed by atoms with van der Waals surface area (Å²) < 4.78 is 13.2. The maximum atomic E-state index is 11.3. The molecule has 0 aliphatic carbocycles.